The van der Waals surface area contributed by atoms with E-state index in [9.17, 15) is 4.79 Å². The van der Waals surface area contributed by atoms with Crippen molar-refractivity contribution >= 4 is 5.97 Å². The first-order valence-electron chi connectivity index (χ1n) is 5.72. The molecule has 0 aliphatic rings. The fraction of sp³-hybridized carbons (Fsp3) is 0.750. The zero-order valence-corrected chi connectivity index (χ0v) is 9.89. The van der Waals surface area contributed by atoms with E-state index in [0.717, 1.165) is 31.8 Å². The molecule has 0 saturated carbocycles. The summed E-state index contributed by atoms with van der Waals surface area (Å²) in [4.78, 5) is 10.8. The minimum atomic E-state index is -0.601. The summed E-state index contributed by atoms with van der Waals surface area (Å²) in [6, 6.07) is 0. The summed E-state index contributed by atoms with van der Waals surface area (Å²) in [6.45, 7) is 5.00. The number of aliphatic hydroxyl groups excluding tert-OH is 2. The Balaban J connectivity index is 3.37. The van der Waals surface area contributed by atoms with Crippen LogP contribution < -0.4 is 0 Å². The van der Waals surface area contributed by atoms with Gasteiger partial charge in [-0.25, -0.2) is 4.79 Å². The van der Waals surface area contributed by atoms with E-state index < -0.39 is 6.10 Å². The van der Waals surface area contributed by atoms with Gasteiger partial charge in [-0.05, 0) is 26.2 Å². The number of aliphatic hydroxyl groups is 2. The van der Waals surface area contributed by atoms with E-state index in [1.165, 1.54) is 0 Å². The average molecular weight is 230 g/mol. The first-order chi connectivity index (χ1) is 7.60. The van der Waals surface area contributed by atoms with Crippen molar-refractivity contribution in [2.24, 2.45) is 0 Å². The van der Waals surface area contributed by atoms with Gasteiger partial charge < -0.3 is 14.9 Å². The number of rotatable bonds is 9. The molecule has 2 atom stereocenters. The molecule has 0 aromatic rings. The average Bonchev–Trinajstić information content (AvgIpc) is 2.27. The Labute approximate surface area is 96.9 Å². The van der Waals surface area contributed by atoms with Gasteiger partial charge >= 0.3 is 5.97 Å². The molecule has 0 saturated heterocycles. The summed E-state index contributed by atoms with van der Waals surface area (Å²) in [7, 11) is 0. The molecule has 4 nitrogen and oxygen atoms in total. The van der Waals surface area contributed by atoms with Gasteiger partial charge in [0.05, 0.1) is 18.8 Å². The van der Waals surface area contributed by atoms with Gasteiger partial charge in [-0.15, -0.1) is 0 Å². The molecule has 0 heterocycles. The highest BCUT2D eigenvalue weighted by Crippen LogP contribution is 2.09. The Hall–Kier alpha value is -0.870. The van der Waals surface area contributed by atoms with Crippen LogP contribution in [0.5, 0.6) is 0 Å². The predicted molar refractivity (Wildman–Crippen MR) is 61.9 cm³/mol. The number of hydrogen-bond acceptors (Lipinski definition) is 4. The highest BCUT2D eigenvalue weighted by molar-refractivity contribution is 5.81. The maximum Gasteiger partial charge on any atom is 0.330 e. The normalized spacial score (nSPS) is 14.2. The second-order valence-electron chi connectivity index (χ2n) is 3.93. The lowest BCUT2D eigenvalue weighted by Crippen LogP contribution is -2.13. The van der Waals surface area contributed by atoms with E-state index in [-0.39, 0.29) is 18.7 Å². The SMILES string of the molecule is C=CC(=O)OC(C)CCCCCC(O)CO. The topological polar surface area (TPSA) is 66.8 Å². The van der Waals surface area contributed by atoms with Crippen LogP contribution in [0.3, 0.4) is 0 Å². The monoisotopic (exact) mass is 230 g/mol. The van der Waals surface area contributed by atoms with Gasteiger partial charge in [0.1, 0.15) is 0 Å². The molecule has 0 amide bonds. The quantitative estimate of drug-likeness (QED) is 0.357. The molecule has 0 fully saturated rings. The van der Waals surface area contributed by atoms with Crippen molar-refractivity contribution in [3.8, 4) is 0 Å². The van der Waals surface area contributed by atoms with E-state index in [2.05, 4.69) is 6.58 Å². The molecule has 0 aromatic heterocycles. The molecular weight excluding hydrogens is 208 g/mol. The van der Waals surface area contributed by atoms with Crippen LogP contribution in [0, 0.1) is 0 Å². The van der Waals surface area contributed by atoms with Crippen molar-refractivity contribution in [3.63, 3.8) is 0 Å². The Kier molecular flexibility index (Phi) is 8.85. The summed E-state index contributed by atoms with van der Waals surface area (Å²) in [5.74, 6) is -0.386. The smallest absolute Gasteiger partial charge is 0.330 e. The van der Waals surface area contributed by atoms with Gasteiger partial charge in [0.25, 0.3) is 0 Å². The molecule has 2 N–H and O–H groups in total. The molecule has 16 heavy (non-hydrogen) atoms. The summed E-state index contributed by atoms with van der Waals surface area (Å²) in [5.41, 5.74) is 0. The van der Waals surface area contributed by atoms with E-state index in [4.69, 9.17) is 14.9 Å². The molecule has 0 aromatic carbocycles. The van der Waals surface area contributed by atoms with Crippen LogP contribution in [0.15, 0.2) is 12.7 Å². The van der Waals surface area contributed by atoms with Crippen molar-refractivity contribution < 1.29 is 19.7 Å². The van der Waals surface area contributed by atoms with Crippen molar-refractivity contribution in [1.29, 1.82) is 0 Å². The number of carbonyl (C=O) groups excluding carboxylic acids is 1. The van der Waals surface area contributed by atoms with Gasteiger partial charge in [-0.1, -0.05) is 19.4 Å². The first kappa shape index (κ1) is 15.1. The lowest BCUT2D eigenvalue weighted by Gasteiger charge is -2.11. The Morgan fingerprint density at radius 1 is 1.38 bits per heavy atom. The molecule has 0 spiro atoms. The molecule has 4 heteroatoms. The van der Waals surface area contributed by atoms with E-state index in [1.54, 1.807) is 0 Å². The number of hydrogen-bond donors (Lipinski definition) is 2. The zero-order valence-electron chi connectivity index (χ0n) is 9.89. The Morgan fingerprint density at radius 3 is 2.56 bits per heavy atom. The van der Waals surface area contributed by atoms with Crippen molar-refractivity contribution in [3.05, 3.63) is 12.7 Å². The minimum absolute atomic E-state index is 0.0896. The lowest BCUT2D eigenvalue weighted by molar-refractivity contribution is -0.142. The molecule has 0 bridgehead atoms. The second-order valence-corrected chi connectivity index (χ2v) is 3.93. The number of esters is 1. The van der Waals surface area contributed by atoms with Crippen LogP contribution in [0.1, 0.15) is 39.0 Å². The standard InChI is InChI=1S/C12H22O4/c1-3-12(15)16-10(2)7-5-4-6-8-11(14)9-13/h3,10-11,13-14H,1,4-9H2,2H3. The number of ether oxygens (including phenoxy) is 1. The Bertz CT molecular complexity index is 203. The van der Waals surface area contributed by atoms with Crippen LogP contribution in [-0.2, 0) is 9.53 Å². The third-order valence-corrected chi connectivity index (χ3v) is 2.34. The number of unbranched alkanes of at least 4 members (excludes halogenated alkanes) is 2. The third-order valence-electron chi connectivity index (χ3n) is 2.34. The maximum absolute atomic E-state index is 10.8. The van der Waals surface area contributed by atoms with Gasteiger partial charge in [0.2, 0.25) is 0 Å². The molecule has 2 unspecified atom stereocenters. The summed E-state index contributed by atoms with van der Waals surface area (Å²) in [6.07, 6.45) is 4.70. The summed E-state index contributed by atoms with van der Waals surface area (Å²) >= 11 is 0. The first-order valence-corrected chi connectivity index (χ1v) is 5.72. The zero-order chi connectivity index (χ0) is 12.4. The predicted octanol–water partition coefficient (Wildman–Crippen LogP) is 1.41. The van der Waals surface area contributed by atoms with E-state index in [0.29, 0.717) is 6.42 Å². The molecule has 94 valence electrons. The molecule has 0 aliphatic heterocycles. The fourth-order valence-corrected chi connectivity index (χ4v) is 1.39. The van der Waals surface area contributed by atoms with Crippen LogP contribution >= 0.6 is 0 Å². The van der Waals surface area contributed by atoms with Crippen LogP contribution in [0.4, 0.5) is 0 Å². The second kappa shape index (κ2) is 9.36. The maximum atomic E-state index is 10.8. The van der Waals surface area contributed by atoms with Crippen LogP contribution in [0.2, 0.25) is 0 Å². The molecule has 0 radical (unpaired) electrons. The van der Waals surface area contributed by atoms with Gasteiger partial charge in [-0.3, -0.25) is 0 Å². The molecule has 0 rings (SSSR count). The van der Waals surface area contributed by atoms with E-state index >= 15 is 0 Å². The van der Waals surface area contributed by atoms with Gasteiger partial charge in [0.15, 0.2) is 0 Å². The summed E-state index contributed by atoms with van der Waals surface area (Å²) < 4.78 is 5.00. The van der Waals surface area contributed by atoms with Crippen molar-refractivity contribution in [2.45, 2.75) is 51.2 Å². The fourth-order valence-electron chi connectivity index (χ4n) is 1.39. The minimum Gasteiger partial charge on any atom is -0.460 e. The number of carbonyl (C=O) groups is 1. The molecule has 0 aliphatic carbocycles. The van der Waals surface area contributed by atoms with Gasteiger partial charge in [-0.2, -0.15) is 0 Å². The highest BCUT2D eigenvalue weighted by Gasteiger charge is 2.06. The van der Waals surface area contributed by atoms with Crippen molar-refractivity contribution in [1.82, 2.24) is 0 Å². The largest absolute Gasteiger partial charge is 0.460 e. The molecular formula is C12H22O4. The third kappa shape index (κ3) is 8.44. The summed E-state index contributed by atoms with van der Waals surface area (Å²) in [5, 5.41) is 17.7. The lowest BCUT2D eigenvalue weighted by atomic mass is 10.1. The van der Waals surface area contributed by atoms with E-state index in [1.807, 2.05) is 6.92 Å². The highest BCUT2D eigenvalue weighted by atomic mass is 16.5. The van der Waals surface area contributed by atoms with Crippen LogP contribution in [-0.4, -0.2) is 35.0 Å². The van der Waals surface area contributed by atoms with Crippen LogP contribution in [0.25, 0.3) is 0 Å². The van der Waals surface area contributed by atoms with Crippen molar-refractivity contribution in [2.75, 3.05) is 6.61 Å². The Morgan fingerprint density at radius 2 is 2.00 bits per heavy atom. The van der Waals surface area contributed by atoms with Gasteiger partial charge in [0, 0.05) is 6.08 Å².